The Labute approximate surface area is 172 Å². The number of hydrogen-bond donors (Lipinski definition) is 0. The number of fused-ring (bicyclic) bond motifs is 2. The van der Waals surface area contributed by atoms with E-state index in [9.17, 15) is 9.59 Å². The van der Waals surface area contributed by atoms with Gasteiger partial charge in [-0.25, -0.2) is 4.98 Å². The molecule has 2 amide bonds. The largest absolute Gasteiger partial charge is 0.491 e. The Bertz CT molecular complexity index is 1050. The summed E-state index contributed by atoms with van der Waals surface area (Å²) in [6.45, 7) is 1.05. The van der Waals surface area contributed by atoms with Gasteiger partial charge < -0.3 is 9.64 Å². The summed E-state index contributed by atoms with van der Waals surface area (Å²) < 4.78 is 6.82. The van der Waals surface area contributed by atoms with Gasteiger partial charge in [-0.3, -0.25) is 14.5 Å². The third kappa shape index (κ3) is 3.35. The van der Waals surface area contributed by atoms with Crippen LogP contribution in [0.1, 0.15) is 30.3 Å². The van der Waals surface area contributed by atoms with Gasteiger partial charge in [-0.05, 0) is 37.1 Å². The molecule has 5 rings (SSSR count). The van der Waals surface area contributed by atoms with E-state index in [1.807, 2.05) is 47.4 Å². The summed E-state index contributed by atoms with van der Waals surface area (Å²) in [4.78, 5) is 34.1. The number of para-hydroxylation sites is 3. The van der Waals surface area contributed by atoms with Gasteiger partial charge in [0.25, 0.3) is 0 Å². The van der Waals surface area contributed by atoms with E-state index in [1.54, 1.807) is 16.2 Å². The van der Waals surface area contributed by atoms with E-state index in [0.717, 1.165) is 28.1 Å². The van der Waals surface area contributed by atoms with Crippen LogP contribution in [0.5, 0.6) is 5.75 Å². The van der Waals surface area contributed by atoms with Crippen LogP contribution in [0.4, 0.5) is 5.69 Å². The summed E-state index contributed by atoms with van der Waals surface area (Å²) in [6.07, 6.45) is 2.11. The molecule has 0 unspecified atom stereocenters. The van der Waals surface area contributed by atoms with Crippen LogP contribution < -0.4 is 9.64 Å². The van der Waals surface area contributed by atoms with Gasteiger partial charge in [0.05, 0.1) is 35.0 Å². The minimum atomic E-state index is -0.0842. The first-order valence-electron chi connectivity index (χ1n) is 9.88. The van der Waals surface area contributed by atoms with E-state index in [2.05, 4.69) is 6.07 Å². The van der Waals surface area contributed by atoms with Crippen molar-refractivity contribution in [3.8, 4) is 5.75 Å². The highest BCUT2D eigenvalue weighted by atomic mass is 32.1. The lowest BCUT2D eigenvalue weighted by Crippen LogP contribution is -2.42. The first-order valence-corrected chi connectivity index (χ1v) is 10.7. The normalized spacial score (nSPS) is 19.2. The minimum Gasteiger partial charge on any atom is -0.491 e. The molecule has 1 fully saturated rings. The molecule has 1 saturated heterocycles. The van der Waals surface area contributed by atoms with E-state index in [1.165, 1.54) is 0 Å². The molecule has 7 heteroatoms. The third-order valence-electron chi connectivity index (χ3n) is 5.49. The molecule has 2 aliphatic heterocycles. The molecule has 3 aromatic rings. The lowest BCUT2D eigenvalue weighted by atomic mass is 10.2. The molecule has 0 saturated carbocycles. The number of carbonyl (C=O) groups excluding carboxylic acids is 2. The van der Waals surface area contributed by atoms with Crippen molar-refractivity contribution in [1.29, 1.82) is 0 Å². The topological polar surface area (TPSA) is 62.7 Å². The van der Waals surface area contributed by atoms with Crippen LogP contribution in [-0.2, 0) is 9.59 Å². The molecular weight excluding hydrogens is 386 g/mol. The van der Waals surface area contributed by atoms with Gasteiger partial charge in [-0.1, -0.05) is 24.3 Å². The average molecular weight is 407 g/mol. The summed E-state index contributed by atoms with van der Waals surface area (Å²) in [6, 6.07) is 15.4. The molecule has 148 valence electrons. The summed E-state index contributed by atoms with van der Waals surface area (Å²) in [5, 5.41) is 0.975. The molecule has 3 heterocycles. The molecule has 6 nitrogen and oxygen atoms in total. The number of aromatic nitrogens is 1. The number of anilines is 1. The highest BCUT2D eigenvalue weighted by Crippen LogP contribution is 2.37. The van der Waals surface area contributed by atoms with Gasteiger partial charge in [0.1, 0.15) is 17.3 Å². The quantitative estimate of drug-likeness (QED) is 0.663. The summed E-state index contributed by atoms with van der Waals surface area (Å²) in [5.74, 6) is 0.520. The fraction of sp³-hybridized carbons (Fsp3) is 0.318. The van der Waals surface area contributed by atoms with Crippen molar-refractivity contribution < 1.29 is 14.3 Å². The van der Waals surface area contributed by atoms with E-state index in [0.29, 0.717) is 24.6 Å². The number of amides is 2. The second-order valence-electron chi connectivity index (χ2n) is 7.31. The van der Waals surface area contributed by atoms with Gasteiger partial charge in [-0.2, -0.15) is 0 Å². The maximum Gasteiger partial charge on any atom is 0.243 e. The highest BCUT2D eigenvalue weighted by Gasteiger charge is 2.34. The predicted octanol–water partition coefficient (Wildman–Crippen LogP) is 3.78. The van der Waals surface area contributed by atoms with Crippen molar-refractivity contribution in [1.82, 2.24) is 9.88 Å². The summed E-state index contributed by atoms with van der Waals surface area (Å²) in [5.41, 5.74) is 1.64. The Morgan fingerprint density at radius 1 is 1.17 bits per heavy atom. The Kier molecular flexibility index (Phi) is 4.67. The molecule has 2 aliphatic rings. The lowest BCUT2D eigenvalue weighted by molar-refractivity contribution is -0.132. The monoisotopic (exact) mass is 407 g/mol. The SMILES string of the molecule is O=C1CCOc2ccccc2N1CC(=O)N1CCC[C@H]1c1nc2ccccc2s1. The van der Waals surface area contributed by atoms with Crippen molar-refractivity contribution in [2.45, 2.75) is 25.3 Å². The number of nitrogens with zero attached hydrogens (tertiary/aromatic N) is 3. The van der Waals surface area contributed by atoms with Crippen LogP contribution in [0.15, 0.2) is 48.5 Å². The molecule has 0 radical (unpaired) electrons. The zero-order chi connectivity index (χ0) is 19.8. The van der Waals surface area contributed by atoms with Gasteiger partial charge in [0.2, 0.25) is 11.8 Å². The fourth-order valence-electron chi connectivity index (χ4n) is 4.07. The number of likely N-dealkylation sites (tertiary alicyclic amines) is 1. The first kappa shape index (κ1) is 18.1. The van der Waals surface area contributed by atoms with Crippen LogP contribution in [0, 0.1) is 0 Å². The zero-order valence-electron chi connectivity index (χ0n) is 15.9. The molecule has 2 aromatic carbocycles. The summed E-state index contributed by atoms with van der Waals surface area (Å²) >= 11 is 1.65. The molecule has 0 spiro atoms. The fourth-order valence-corrected chi connectivity index (χ4v) is 5.19. The molecule has 0 aliphatic carbocycles. The van der Waals surface area contributed by atoms with Crippen LogP contribution in [0.3, 0.4) is 0 Å². The smallest absolute Gasteiger partial charge is 0.243 e. The molecule has 1 aromatic heterocycles. The van der Waals surface area contributed by atoms with Gasteiger partial charge >= 0.3 is 0 Å². The third-order valence-corrected chi connectivity index (χ3v) is 6.63. The Balaban J connectivity index is 1.40. The van der Waals surface area contributed by atoms with E-state index in [-0.39, 0.29) is 30.8 Å². The van der Waals surface area contributed by atoms with Crippen molar-refractivity contribution in [3.05, 3.63) is 53.5 Å². The molecular formula is C22H21N3O3S. The average Bonchev–Trinajstić information content (AvgIpc) is 3.35. The van der Waals surface area contributed by atoms with E-state index < -0.39 is 0 Å². The molecule has 29 heavy (non-hydrogen) atoms. The molecule has 1 atom stereocenters. The number of thiazole rings is 1. The van der Waals surface area contributed by atoms with Crippen molar-refractivity contribution in [2.75, 3.05) is 24.6 Å². The van der Waals surface area contributed by atoms with Gasteiger partial charge in [0, 0.05) is 6.54 Å². The maximum atomic E-state index is 13.2. The van der Waals surface area contributed by atoms with Crippen LogP contribution in [0.25, 0.3) is 10.2 Å². The van der Waals surface area contributed by atoms with Crippen LogP contribution in [-0.4, -0.2) is 41.4 Å². The standard InChI is InChI=1S/C22H21N3O3S/c26-20-11-13-28-18-9-3-2-7-16(18)25(20)14-21(27)24-12-5-8-17(24)22-23-15-6-1-4-10-19(15)29-22/h1-4,6-7,9-10,17H,5,8,11-14H2/t17-/m0/s1. The van der Waals surface area contributed by atoms with Gasteiger partial charge in [-0.15, -0.1) is 11.3 Å². The zero-order valence-corrected chi connectivity index (χ0v) is 16.7. The number of benzene rings is 2. The second kappa shape index (κ2) is 7.48. The Morgan fingerprint density at radius 2 is 2.00 bits per heavy atom. The second-order valence-corrected chi connectivity index (χ2v) is 8.37. The number of carbonyl (C=O) groups is 2. The Morgan fingerprint density at radius 3 is 2.90 bits per heavy atom. The minimum absolute atomic E-state index is 0.0199. The number of rotatable bonds is 3. The number of ether oxygens (including phenoxy) is 1. The highest BCUT2D eigenvalue weighted by molar-refractivity contribution is 7.18. The molecule has 0 N–H and O–H groups in total. The van der Waals surface area contributed by atoms with Crippen LogP contribution in [0.2, 0.25) is 0 Å². The van der Waals surface area contributed by atoms with Crippen molar-refractivity contribution in [2.24, 2.45) is 0 Å². The lowest BCUT2D eigenvalue weighted by Gasteiger charge is -2.27. The van der Waals surface area contributed by atoms with Crippen LogP contribution >= 0.6 is 11.3 Å². The predicted molar refractivity (Wildman–Crippen MR) is 112 cm³/mol. The number of hydrogen-bond acceptors (Lipinski definition) is 5. The first-order chi connectivity index (χ1) is 14.2. The van der Waals surface area contributed by atoms with E-state index >= 15 is 0 Å². The van der Waals surface area contributed by atoms with Crippen molar-refractivity contribution >= 4 is 39.1 Å². The Hall–Kier alpha value is -2.93. The van der Waals surface area contributed by atoms with Crippen molar-refractivity contribution in [3.63, 3.8) is 0 Å². The maximum absolute atomic E-state index is 13.2. The van der Waals surface area contributed by atoms with Gasteiger partial charge in [0.15, 0.2) is 0 Å². The van der Waals surface area contributed by atoms with E-state index in [4.69, 9.17) is 9.72 Å². The molecule has 0 bridgehead atoms. The summed E-state index contributed by atoms with van der Waals surface area (Å²) in [7, 11) is 0.